The maximum Gasteiger partial charge on any atom is 0.322 e. The number of unbranched alkanes of at least 4 members (excludes halogenated alkanes) is 1. The molecule has 4 aromatic carbocycles. The minimum atomic E-state index is -1.92. The lowest BCUT2D eigenvalue weighted by atomic mass is 9.96. The van der Waals surface area contributed by atoms with Crippen LogP contribution in [0.3, 0.4) is 0 Å². The quantitative estimate of drug-likeness (QED) is 0.0227. The van der Waals surface area contributed by atoms with Crippen LogP contribution in [0.25, 0.3) is 32.6 Å². The van der Waals surface area contributed by atoms with Crippen molar-refractivity contribution in [2.45, 2.75) is 172 Å². The van der Waals surface area contributed by atoms with E-state index in [1.54, 1.807) is 127 Å². The summed E-state index contributed by atoms with van der Waals surface area (Å²) in [6.07, 6.45) is 2.08. The van der Waals surface area contributed by atoms with Gasteiger partial charge in [0, 0.05) is 65.8 Å². The highest BCUT2D eigenvalue weighted by molar-refractivity contribution is 8.13. The van der Waals surface area contributed by atoms with Crippen molar-refractivity contribution in [3.63, 3.8) is 0 Å². The molecule has 1 aliphatic heterocycles. The number of H-pyrrole nitrogens is 2. The number of nitrogens with one attached hydrogen (secondary N) is 16. The Labute approximate surface area is 644 Å². The van der Waals surface area contributed by atoms with E-state index in [0.717, 1.165) is 10.8 Å². The van der Waals surface area contributed by atoms with Crippen molar-refractivity contribution >= 4 is 132 Å². The van der Waals surface area contributed by atoms with Crippen LogP contribution in [0.15, 0.2) is 103 Å². The van der Waals surface area contributed by atoms with Crippen molar-refractivity contribution in [2.75, 3.05) is 25.4 Å². The highest BCUT2D eigenvalue weighted by Crippen LogP contribution is 2.24. The largest absolute Gasteiger partial charge is 0.394 e. The van der Waals surface area contributed by atoms with Crippen LogP contribution < -0.4 is 92.1 Å². The molecule has 2 aromatic heterocycles. The summed E-state index contributed by atoms with van der Waals surface area (Å²) >= 11 is 0.461. The van der Waals surface area contributed by atoms with E-state index in [0.29, 0.717) is 56.7 Å². The summed E-state index contributed by atoms with van der Waals surface area (Å²) in [5.74, 6) is -15.6. The second kappa shape index (κ2) is 41.8. The number of imide groups is 1. The molecule has 15 amide bonds. The Morgan fingerprint density at radius 1 is 0.514 bits per heavy atom. The van der Waals surface area contributed by atoms with E-state index in [1.807, 2.05) is 23.5 Å². The lowest BCUT2D eigenvalue weighted by molar-refractivity contribution is -0.136. The number of hydrogen-bond acceptors (Lipinski definition) is 18. The highest BCUT2D eigenvalue weighted by Gasteiger charge is 2.39. The molecule has 0 bridgehead atoms. The molecule has 7 rings (SSSR count). The summed E-state index contributed by atoms with van der Waals surface area (Å²) in [5, 5.41) is 53.3. The average molecular weight is 1560 g/mol. The van der Waals surface area contributed by atoms with Gasteiger partial charge in [0.15, 0.2) is 5.96 Å². The average Bonchev–Trinajstić information content (AvgIpc) is 1.80. The Morgan fingerprint density at radius 2 is 0.982 bits per heavy atom. The molecule has 0 unspecified atom stereocenters. The third-order valence-electron chi connectivity index (χ3n) is 18.9. The zero-order valence-corrected chi connectivity index (χ0v) is 63.5. The van der Waals surface area contributed by atoms with Gasteiger partial charge in [0.05, 0.1) is 13.0 Å². The first-order valence-corrected chi connectivity index (χ1v) is 37.7. The number of amides is 15. The number of carbonyl (C=O) groups excluding carboxylic acids is 14. The molecule has 0 radical (unpaired) electrons. The van der Waals surface area contributed by atoms with Crippen molar-refractivity contribution in [3.8, 4) is 0 Å². The van der Waals surface area contributed by atoms with Crippen LogP contribution in [0.1, 0.15) is 103 Å². The van der Waals surface area contributed by atoms with Gasteiger partial charge in [-0.2, -0.15) is 0 Å². The Kier molecular flexibility index (Phi) is 32.6. The number of benzene rings is 4. The van der Waals surface area contributed by atoms with E-state index in [9.17, 15) is 57.8 Å². The van der Waals surface area contributed by atoms with Gasteiger partial charge in [-0.05, 0) is 96.0 Å². The topological polar surface area (TPSA) is 575 Å². The minimum absolute atomic E-state index is 0.0312. The van der Waals surface area contributed by atoms with Gasteiger partial charge in [-0.25, -0.2) is 4.79 Å². The van der Waals surface area contributed by atoms with Crippen molar-refractivity contribution in [2.24, 2.45) is 40.7 Å². The van der Waals surface area contributed by atoms with Crippen LogP contribution in [0, 0.1) is 23.2 Å². The lowest BCUT2D eigenvalue weighted by Crippen LogP contribution is -2.62. The van der Waals surface area contributed by atoms with Gasteiger partial charge in [0.25, 0.3) is 11.1 Å². The van der Waals surface area contributed by atoms with E-state index < -0.39 is 191 Å². The van der Waals surface area contributed by atoms with Gasteiger partial charge in [0.2, 0.25) is 65.0 Å². The number of rotatable bonds is 22. The summed E-state index contributed by atoms with van der Waals surface area (Å²) in [7, 11) is 0. The SMILES string of the molecule is CC[C@H](C)[C@@H]1NC(=O)[C@H](Cc2ccc3ccccc3c2)NC(=O)SC[C@@H](C(N)=O)NC(=O)[C@H](C(C)C)NC(=O)[C@H](Cc2c[nH]c3ccccc23)NC(=O)[C@H](CCCCN)NC(=O)[C@H](C(C)C)NC(=O)[C@H](Cc2c[nH]c3ccccc23)NC(=O)[C@H](CC(N)=O)NC(=O)[C@H](CCCNC(=N)N)NC(=O)NC(=O)[C@H](CO)NC1=O. The van der Waals surface area contributed by atoms with E-state index in [-0.39, 0.29) is 64.5 Å². The first kappa shape index (κ1) is 86.6. The van der Waals surface area contributed by atoms with Crippen LogP contribution in [-0.2, 0) is 76.8 Å². The first-order chi connectivity index (χ1) is 52.9. The summed E-state index contributed by atoms with van der Waals surface area (Å²) in [5.41, 5.74) is 25.9. The summed E-state index contributed by atoms with van der Waals surface area (Å²) in [6, 6.07) is 7.74. The van der Waals surface area contributed by atoms with Crippen LogP contribution in [0.4, 0.5) is 9.59 Å². The Morgan fingerprint density at radius 3 is 1.51 bits per heavy atom. The molecule has 0 spiro atoms. The molecule has 1 saturated heterocycles. The monoisotopic (exact) mass is 1550 g/mol. The molecular weight excluding hydrogens is 1450 g/mol. The molecule has 0 aliphatic carbocycles. The number of thioether (sulfide) groups is 1. The number of carbonyl (C=O) groups is 14. The molecule has 35 nitrogen and oxygen atoms in total. The maximum absolute atomic E-state index is 15.0. The molecule has 598 valence electrons. The van der Waals surface area contributed by atoms with Crippen LogP contribution in [0.2, 0.25) is 0 Å². The van der Waals surface area contributed by atoms with Crippen LogP contribution >= 0.6 is 11.8 Å². The van der Waals surface area contributed by atoms with E-state index in [1.165, 1.54) is 0 Å². The van der Waals surface area contributed by atoms with Crippen molar-refractivity contribution in [1.29, 1.82) is 5.41 Å². The number of aromatic amines is 2. The standard InChI is InChI=1S/C75H102N20O15S/c1-7-40(6)61-72(108)88-56(36-96)69(105)95-74(109)90-51(24-16-28-81-73(79)80)64(100)87-55(33-58(77)97)65(101)86-54(32-45-35-83-49-22-13-11-20-47(45)49)68(104)92-59(38(2)3)70(106)84-50(23-14-15-27-76)63(99)85-53(31-44-34-82-48-21-12-10-19-46(44)48)67(103)93-60(39(4)5)71(107)89-57(62(78)98)37-111-75(110)91-52(66(102)94-61)30-41-25-26-42-17-8-9-18-43(42)29-41/h8-13,17-22,25-26,29,34-35,38-40,50-57,59-61,82-83,96H,7,14-16,23-24,27-28,30-33,36-37,76H2,1-6H3,(H2,77,97)(H2,78,98)(H,84,106)(H,85,99)(H,86,101)(H,87,100)(H,88,108)(H,89,107)(H,91,110)(H,92,104)(H,93,103)(H,94,102)(H4,79,80,81)(H2,90,95,105,109)/t40-,50-,51-,52-,53-,54-,55-,56-,57-,59-,60-,61-/m0/s1. The van der Waals surface area contributed by atoms with Gasteiger partial charge < -0.3 is 102 Å². The number of aliphatic hydroxyl groups is 1. The Bertz CT molecular complexity index is 4360. The number of aromatic nitrogens is 2. The van der Waals surface area contributed by atoms with Crippen LogP contribution in [0.5, 0.6) is 0 Å². The summed E-state index contributed by atoms with van der Waals surface area (Å²) in [6.45, 7) is 8.66. The van der Waals surface area contributed by atoms with Crippen molar-refractivity contribution < 1.29 is 72.2 Å². The predicted molar refractivity (Wildman–Crippen MR) is 416 cm³/mol. The minimum Gasteiger partial charge on any atom is -0.394 e. The molecule has 111 heavy (non-hydrogen) atoms. The van der Waals surface area contributed by atoms with Gasteiger partial charge in [-0.1, -0.05) is 139 Å². The fourth-order valence-electron chi connectivity index (χ4n) is 12.5. The highest BCUT2D eigenvalue weighted by atomic mass is 32.2. The van der Waals surface area contributed by atoms with E-state index in [2.05, 4.69) is 73.8 Å². The number of urea groups is 1. The lowest BCUT2D eigenvalue weighted by Gasteiger charge is -2.29. The van der Waals surface area contributed by atoms with Gasteiger partial charge in [-0.3, -0.25) is 73.1 Å². The molecule has 36 heteroatoms. The van der Waals surface area contributed by atoms with E-state index >= 15 is 14.4 Å². The smallest absolute Gasteiger partial charge is 0.322 e. The van der Waals surface area contributed by atoms with Crippen molar-refractivity contribution in [3.05, 3.63) is 120 Å². The Balaban J connectivity index is 1.29. The molecule has 0 saturated carbocycles. The molecule has 1 aliphatic rings. The number of aliphatic hydroxyl groups excluding tert-OH is 1. The number of hydrogen-bond donors (Lipinski definition) is 21. The Hall–Kier alpha value is -11.7. The second-order valence-electron chi connectivity index (χ2n) is 28.0. The zero-order valence-electron chi connectivity index (χ0n) is 62.7. The maximum atomic E-state index is 15.0. The fourth-order valence-corrected chi connectivity index (χ4v) is 13.3. The molecule has 25 N–H and O–H groups in total. The third kappa shape index (κ3) is 25.5. The van der Waals surface area contributed by atoms with Gasteiger partial charge in [0.1, 0.15) is 66.5 Å². The summed E-state index contributed by atoms with van der Waals surface area (Å²) < 4.78 is 0. The number of fused-ring (bicyclic) bond motifs is 3. The molecule has 1 fully saturated rings. The summed E-state index contributed by atoms with van der Waals surface area (Å²) in [4.78, 5) is 207. The van der Waals surface area contributed by atoms with Gasteiger partial charge in [-0.15, -0.1) is 0 Å². The number of primary amides is 2. The fraction of sp³-hybridized carbons (Fsp3) is 0.453. The molecule has 6 aromatic rings. The second-order valence-corrected chi connectivity index (χ2v) is 29.0. The number of nitrogens with two attached hydrogens (primary N) is 4. The number of guanidine groups is 1. The van der Waals surface area contributed by atoms with Crippen molar-refractivity contribution in [1.82, 2.24) is 79.1 Å². The van der Waals surface area contributed by atoms with E-state index in [4.69, 9.17) is 28.3 Å². The predicted octanol–water partition coefficient (Wildman–Crippen LogP) is -0.684. The molecule has 12 atom stereocenters. The number of para-hydroxylation sites is 2. The zero-order chi connectivity index (χ0) is 81.2. The molecule has 3 heterocycles. The molecular formula is C75H102N20O15S. The van der Waals surface area contributed by atoms with Gasteiger partial charge >= 0.3 is 6.03 Å². The normalized spacial score (nSPS) is 23.1. The first-order valence-electron chi connectivity index (χ1n) is 36.7. The third-order valence-corrected chi connectivity index (χ3v) is 19.8. The van der Waals surface area contributed by atoms with Crippen LogP contribution in [-0.4, -0.2) is 195 Å².